The van der Waals surface area contributed by atoms with Crippen LogP contribution in [0.25, 0.3) is 0 Å². The van der Waals surface area contributed by atoms with Crippen molar-refractivity contribution >= 4 is 11.3 Å². The topological polar surface area (TPSA) is 24.9 Å². The summed E-state index contributed by atoms with van der Waals surface area (Å²) < 4.78 is 0. The molecule has 0 aliphatic heterocycles. The van der Waals surface area contributed by atoms with E-state index in [9.17, 15) is 0 Å². The summed E-state index contributed by atoms with van der Waals surface area (Å²) in [7, 11) is 0. The van der Waals surface area contributed by atoms with Gasteiger partial charge in [-0.3, -0.25) is 0 Å². The van der Waals surface area contributed by atoms with Crippen molar-refractivity contribution in [2.45, 2.75) is 45.2 Å². The Morgan fingerprint density at radius 3 is 2.84 bits per heavy atom. The van der Waals surface area contributed by atoms with Crippen LogP contribution in [0.4, 0.5) is 0 Å². The second kappa shape index (κ2) is 5.43. The van der Waals surface area contributed by atoms with Gasteiger partial charge in [-0.05, 0) is 38.2 Å². The molecule has 0 radical (unpaired) electrons. The molecule has 0 spiro atoms. The molecule has 19 heavy (non-hydrogen) atoms. The second-order valence-corrected chi connectivity index (χ2v) is 6.49. The highest BCUT2D eigenvalue weighted by atomic mass is 32.1. The third-order valence-corrected chi connectivity index (χ3v) is 4.83. The van der Waals surface area contributed by atoms with Crippen LogP contribution in [0.3, 0.4) is 0 Å². The fraction of sp³-hybridized carbons (Fsp3) is 0.438. The van der Waals surface area contributed by atoms with Gasteiger partial charge in [-0.1, -0.05) is 29.8 Å². The Balaban J connectivity index is 1.48. The molecule has 2 nitrogen and oxygen atoms in total. The van der Waals surface area contributed by atoms with Crippen molar-refractivity contribution in [3.8, 4) is 0 Å². The average molecular weight is 272 g/mol. The molecular weight excluding hydrogens is 252 g/mol. The van der Waals surface area contributed by atoms with Crippen LogP contribution in [0.5, 0.6) is 0 Å². The largest absolute Gasteiger partial charge is 0.308 e. The highest BCUT2D eigenvalue weighted by molar-refractivity contribution is 7.09. The first-order valence-corrected chi connectivity index (χ1v) is 7.79. The summed E-state index contributed by atoms with van der Waals surface area (Å²) in [4.78, 5) is 4.49. The molecule has 1 aromatic carbocycles. The number of hydrogen-bond donors (Lipinski definition) is 1. The molecule has 1 aliphatic carbocycles. The van der Waals surface area contributed by atoms with Gasteiger partial charge in [0, 0.05) is 23.7 Å². The molecule has 0 atom stereocenters. The monoisotopic (exact) mass is 272 g/mol. The molecule has 3 rings (SSSR count). The fourth-order valence-corrected chi connectivity index (χ4v) is 3.42. The third-order valence-electron chi connectivity index (χ3n) is 3.86. The molecule has 2 aromatic rings. The minimum absolute atomic E-state index is 0.662. The molecule has 1 heterocycles. The van der Waals surface area contributed by atoms with Gasteiger partial charge in [-0.15, -0.1) is 11.3 Å². The van der Waals surface area contributed by atoms with Gasteiger partial charge in [0.25, 0.3) is 0 Å². The predicted octanol–water partition coefficient (Wildman–Crippen LogP) is 3.80. The van der Waals surface area contributed by atoms with Crippen LogP contribution < -0.4 is 5.32 Å². The number of nitrogens with one attached hydrogen (secondary N) is 1. The number of rotatable bonds is 4. The zero-order valence-electron chi connectivity index (χ0n) is 11.5. The van der Waals surface area contributed by atoms with E-state index in [-0.39, 0.29) is 0 Å². The van der Waals surface area contributed by atoms with Crippen molar-refractivity contribution in [3.05, 3.63) is 51.5 Å². The predicted molar refractivity (Wildman–Crippen MR) is 80.6 cm³/mol. The smallest absolute Gasteiger partial charge is 0.107 e. The molecule has 0 amide bonds. The summed E-state index contributed by atoms with van der Waals surface area (Å²) >= 11 is 1.75. The maximum atomic E-state index is 4.49. The van der Waals surface area contributed by atoms with Gasteiger partial charge in [0.05, 0.1) is 0 Å². The number of hydrogen-bond acceptors (Lipinski definition) is 3. The number of aryl methyl sites for hydroxylation is 2. The summed E-state index contributed by atoms with van der Waals surface area (Å²) in [5.74, 6) is 0.746. The Labute approximate surface area is 118 Å². The third kappa shape index (κ3) is 3.04. The first kappa shape index (κ1) is 12.8. The zero-order valence-corrected chi connectivity index (χ0v) is 12.3. The number of aromatic nitrogens is 1. The summed E-state index contributed by atoms with van der Waals surface area (Å²) in [6.07, 6.45) is 2.52. The number of nitrogens with zero attached hydrogens (tertiary/aromatic N) is 1. The van der Waals surface area contributed by atoms with Crippen LogP contribution in [-0.4, -0.2) is 11.0 Å². The Morgan fingerprint density at radius 2 is 2.16 bits per heavy atom. The molecule has 1 saturated carbocycles. The van der Waals surface area contributed by atoms with E-state index in [2.05, 4.69) is 53.8 Å². The lowest BCUT2D eigenvalue weighted by Gasteiger charge is -2.36. The van der Waals surface area contributed by atoms with Gasteiger partial charge >= 0.3 is 0 Å². The Bertz CT molecular complexity index is 555. The number of benzene rings is 1. The summed E-state index contributed by atoms with van der Waals surface area (Å²) in [5, 5.41) is 6.93. The highest BCUT2D eigenvalue weighted by Gasteiger charge is 2.29. The molecule has 1 aliphatic rings. The molecule has 3 heteroatoms. The zero-order chi connectivity index (χ0) is 13.2. The maximum Gasteiger partial charge on any atom is 0.107 e. The van der Waals surface area contributed by atoms with E-state index in [4.69, 9.17) is 0 Å². The fourth-order valence-electron chi connectivity index (χ4n) is 2.70. The highest BCUT2D eigenvalue weighted by Crippen LogP contribution is 2.37. The quantitative estimate of drug-likeness (QED) is 0.916. The lowest BCUT2D eigenvalue weighted by molar-refractivity contribution is 0.289. The van der Waals surface area contributed by atoms with Gasteiger partial charge in [0.2, 0.25) is 0 Å². The standard InChI is InChI=1S/C16H20N2S/c1-11-4-3-5-13(6-11)14-7-15(8-14)17-9-16-18-12(2)10-19-16/h3-6,10,14-15,17H,7-9H2,1-2H3. The number of thiazole rings is 1. The lowest BCUT2D eigenvalue weighted by atomic mass is 9.75. The molecule has 0 unspecified atom stereocenters. The molecule has 0 bridgehead atoms. The van der Waals surface area contributed by atoms with Crippen molar-refractivity contribution < 1.29 is 0 Å². The average Bonchev–Trinajstić information content (AvgIpc) is 2.73. The van der Waals surface area contributed by atoms with Gasteiger partial charge in [-0.25, -0.2) is 4.98 Å². The summed E-state index contributed by atoms with van der Waals surface area (Å²) in [6, 6.07) is 9.59. The molecule has 1 N–H and O–H groups in total. The summed E-state index contributed by atoms with van der Waals surface area (Å²) in [6.45, 7) is 5.14. The van der Waals surface area contributed by atoms with Crippen LogP contribution in [0.15, 0.2) is 29.6 Å². The van der Waals surface area contributed by atoms with Crippen molar-refractivity contribution in [2.24, 2.45) is 0 Å². The Kier molecular flexibility index (Phi) is 3.67. The van der Waals surface area contributed by atoms with E-state index >= 15 is 0 Å². The van der Waals surface area contributed by atoms with Crippen LogP contribution in [-0.2, 0) is 6.54 Å². The van der Waals surface area contributed by atoms with Crippen molar-refractivity contribution in [2.75, 3.05) is 0 Å². The first-order valence-electron chi connectivity index (χ1n) is 6.91. The normalized spacial score (nSPS) is 22.2. The van der Waals surface area contributed by atoms with Crippen LogP contribution in [0.1, 0.15) is 40.6 Å². The SMILES string of the molecule is Cc1cccc(C2CC(NCc3nc(C)cs3)C2)c1. The Morgan fingerprint density at radius 1 is 1.32 bits per heavy atom. The van der Waals surface area contributed by atoms with Crippen molar-refractivity contribution in [3.63, 3.8) is 0 Å². The van der Waals surface area contributed by atoms with Gasteiger partial charge in [0.1, 0.15) is 5.01 Å². The van der Waals surface area contributed by atoms with Crippen LogP contribution in [0, 0.1) is 13.8 Å². The second-order valence-electron chi connectivity index (χ2n) is 5.54. The van der Waals surface area contributed by atoms with Gasteiger partial charge < -0.3 is 5.32 Å². The lowest BCUT2D eigenvalue weighted by Crippen LogP contribution is -2.39. The Hall–Kier alpha value is -1.19. The van der Waals surface area contributed by atoms with Crippen LogP contribution in [0.2, 0.25) is 0 Å². The summed E-state index contributed by atoms with van der Waals surface area (Å²) in [5.41, 5.74) is 4.00. The van der Waals surface area contributed by atoms with Crippen LogP contribution >= 0.6 is 11.3 Å². The molecule has 1 fully saturated rings. The van der Waals surface area contributed by atoms with E-state index in [1.807, 2.05) is 0 Å². The minimum Gasteiger partial charge on any atom is -0.308 e. The molecular formula is C16H20N2S. The molecule has 1 aromatic heterocycles. The van der Waals surface area contributed by atoms with Crippen molar-refractivity contribution in [1.29, 1.82) is 0 Å². The van der Waals surface area contributed by atoms with E-state index in [1.54, 1.807) is 11.3 Å². The van der Waals surface area contributed by atoms with Crippen molar-refractivity contribution in [1.82, 2.24) is 10.3 Å². The van der Waals surface area contributed by atoms with E-state index in [1.165, 1.54) is 29.0 Å². The molecule has 0 saturated heterocycles. The first-order chi connectivity index (χ1) is 9.20. The minimum atomic E-state index is 0.662. The van der Waals surface area contributed by atoms with Gasteiger partial charge in [0.15, 0.2) is 0 Å². The maximum absolute atomic E-state index is 4.49. The van der Waals surface area contributed by atoms with E-state index in [0.29, 0.717) is 6.04 Å². The van der Waals surface area contributed by atoms with E-state index < -0.39 is 0 Å². The van der Waals surface area contributed by atoms with E-state index in [0.717, 1.165) is 18.2 Å². The molecule has 100 valence electrons. The van der Waals surface area contributed by atoms with Gasteiger partial charge in [-0.2, -0.15) is 0 Å².